The number of hydrogen-bond acceptors (Lipinski definition) is 4. The minimum atomic E-state index is -3.24. The van der Waals surface area contributed by atoms with Gasteiger partial charge in [0.05, 0.1) is 0 Å². The van der Waals surface area contributed by atoms with Crippen LogP contribution in [0.15, 0.2) is 10.3 Å². The summed E-state index contributed by atoms with van der Waals surface area (Å²) >= 11 is 1.43. The Balaban J connectivity index is 1.78. The van der Waals surface area contributed by atoms with Crippen LogP contribution in [0, 0.1) is 6.92 Å². The number of hydrogen-bond donors (Lipinski definition) is 1. The Morgan fingerprint density at radius 3 is 2.68 bits per heavy atom. The fraction of sp³-hybridized carbons (Fsp3) is 0.692. The van der Waals surface area contributed by atoms with E-state index in [1.165, 1.54) is 24.2 Å². The molecule has 4 nitrogen and oxygen atoms in total. The van der Waals surface area contributed by atoms with Gasteiger partial charge in [-0.25, -0.2) is 8.42 Å². The summed E-state index contributed by atoms with van der Waals surface area (Å²) in [6.07, 6.45) is 4.48. The van der Waals surface area contributed by atoms with Gasteiger partial charge in [0, 0.05) is 30.6 Å². The number of rotatable bonds is 5. The Morgan fingerprint density at radius 1 is 1.37 bits per heavy atom. The van der Waals surface area contributed by atoms with Gasteiger partial charge in [-0.3, -0.25) is 0 Å². The lowest BCUT2D eigenvalue weighted by molar-refractivity contribution is 0.479. The predicted molar refractivity (Wildman–Crippen MR) is 76.9 cm³/mol. The van der Waals surface area contributed by atoms with Gasteiger partial charge in [-0.1, -0.05) is 0 Å². The molecule has 2 fully saturated rings. The maximum absolute atomic E-state index is 12.5. The van der Waals surface area contributed by atoms with Crippen LogP contribution in [0.1, 0.15) is 36.1 Å². The Labute approximate surface area is 118 Å². The smallest absolute Gasteiger partial charge is 0.252 e. The van der Waals surface area contributed by atoms with E-state index in [1.807, 2.05) is 13.0 Å². The van der Waals surface area contributed by atoms with E-state index in [-0.39, 0.29) is 0 Å². The fourth-order valence-corrected chi connectivity index (χ4v) is 5.58. The van der Waals surface area contributed by atoms with E-state index in [9.17, 15) is 8.42 Å². The van der Waals surface area contributed by atoms with Crippen molar-refractivity contribution in [2.45, 2.75) is 49.4 Å². The molecule has 1 N–H and O–H groups in total. The molecule has 0 unspecified atom stereocenters. The Hall–Kier alpha value is -0.430. The summed E-state index contributed by atoms with van der Waals surface area (Å²) in [6.45, 7) is 4.16. The zero-order valence-electron chi connectivity index (χ0n) is 11.2. The van der Waals surface area contributed by atoms with Crippen LogP contribution in [0.5, 0.6) is 0 Å². The molecule has 2 heterocycles. The van der Waals surface area contributed by atoms with Crippen molar-refractivity contribution in [1.82, 2.24) is 9.62 Å². The van der Waals surface area contributed by atoms with Crippen LogP contribution >= 0.6 is 11.3 Å². The number of thiophene rings is 1. The molecule has 0 radical (unpaired) electrons. The van der Waals surface area contributed by atoms with Gasteiger partial charge in [-0.05, 0) is 44.2 Å². The highest BCUT2D eigenvalue weighted by atomic mass is 32.2. The average molecular weight is 300 g/mol. The van der Waals surface area contributed by atoms with Gasteiger partial charge in [0.2, 0.25) is 0 Å². The van der Waals surface area contributed by atoms with Crippen molar-refractivity contribution in [2.75, 3.05) is 13.1 Å². The van der Waals surface area contributed by atoms with Crippen molar-refractivity contribution >= 4 is 21.4 Å². The van der Waals surface area contributed by atoms with E-state index in [4.69, 9.17) is 0 Å². The molecular formula is C13H20N2O2S2. The molecule has 0 bridgehead atoms. The maximum Gasteiger partial charge on any atom is 0.252 e. The zero-order chi connectivity index (χ0) is 13.5. The van der Waals surface area contributed by atoms with E-state index >= 15 is 0 Å². The summed E-state index contributed by atoms with van der Waals surface area (Å²) in [5.41, 5.74) is 1.09. The molecule has 6 heteroatoms. The monoisotopic (exact) mass is 300 g/mol. The second-order valence-corrected chi connectivity index (χ2v) is 8.74. The van der Waals surface area contributed by atoms with E-state index in [0.717, 1.165) is 29.8 Å². The van der Waals surface area contributed by atoms with E-state index < -0.39 is 10.0 Å². The zero-order valence-corrected chi connectivity index (χ0v) is 12.8. The second kappa shape index (κ2) is 5.16. The van der Waals surface area contributed by atoms with Gasteiger partial charge in [0.1, 0.15) is 4.21 Å². The summed E-state index contributed by atoms with van der Waals surface area (Å²) in [5.74, 6) is 0. The Kier molecular flexibility index (Phi) is 3.68. The van der Waals surface area contributed by atoms with Gasteiger partial charge in [-0.15, -0.1) is 11.3 Å². The van der Waals surface area contributed by atoms with Crippen LogP contribution < -0.4 is 5.32 Å². The van der Waals surface area contributed by atoms with E-state index in [0.29, 0.717) is 23.3 Å². The fourth-order valence-electron chi connectivity index (χ4n) is 2.37. The van der Waals surface area contributed by atoms with Gasteiger partial charge in [0.25, 0.3) is 10.0 Å². The summed E-state index contributed by atoms with van der Waals surface area (Å²) < 4.78 is 27.1. The molecule has 106 valence electrons. The summed E-state index contributed by atoms with van der Waals surface area (Å²) in [5, 5.41) is 3.45. The van der Waals surface area contributed by atoms with Gasteiger partial charge >= 0.3 is 0 Å². The number of aryl methyl sites for hydroxylation is 1. The lowest BCUT2D eigenvalue weighted by Gasteiger charge is -2.13. The molecule has 0 atom stereocenters. The minimum Gasteiger partial charge on any atom is -0.309 e. The molecule has 1 saturated carbocycles. The van der Waals surface area contributed by atoms with E-state index in [1.54, 1.807) is 4.31 Å². The van der Waals surface area contributed by atoms with Crippen molar-refractivity contribution in [3.63, 3.8) is 0 Å². The topological polar surface area (TPSA) is 49.4 Å². The van der Waals surface area contributed by atoms with Crippen molar-refractivity contribution in [2.24, 2.45) is 0 Å². The molecule has 0 amide bonds. The molecule has 1 aromatic heterocycles. The summed E-state index contributed by atoms with van der Waals surface area (Å²) in [6, 6.07) is 2.49. The highest BCUT2D eigenvalue weighted by Gasteiger charge is 2.29. The van der Waals surface area contributed by atoms with Crippen LogP contribution in [-0.4, -0.2) is 31.9 Å². The summed E-state index contributed by atoms with van der Waals surface area (Å²) in [4.78, 5) is 1.16. The molecule has 1 saturated heterocycles. The Morgan fingerprint density at radius 2 is 2.05 bits per heavy atom. The molecule has 3 rings (SSSR count). The van der Waals surface area contributed by atoms with Crippen LogP contribution in [0.3, 0.4) is 0 Å². The van der Waals surface area contributed by atoms with Crippen LogP contribution in [0.25, 0.3) is 0 Å². The quantitative estimate of drug-likeness (QED) is 0.906. The normalized spacial score (nSPS) is 21.1. The van der Waals surface area contributed by atoms with Crippen molar-refractivity contribution in [1.29, 1.82) is 0 Å². The van der Waals surface area contributed by atoms with Crippen LogP contribution in [0.2, 0.25) is 0 Å². The lowest BCUT2D eigenvalue weighted by Crippen LogP contribution is -2.27. The molecular weight excluding hydrogens is 280 g/mol. The molecule has 1 aliphatic carbocycles. The standard InChI is InChI=1S/C13H20N2O2S2/c1-10-8-13(18-12(10)9-14-11-4-5-11)19(16,17)15-6-2-3-7-15/h8,11,14H,2-7,9H2,1H3. The molecule has 2 aliphatic rings. The van der Waals surface area contributed by atoms with Crippen molar-refractivity contribution in [3.05, 3.63) is 16.5 Å². The largest absolute Gasteiger partial charge is 0.309 e. The first-order valence-electron chi connectivity index (χ1n) is 6.90. The Bertz CT molecular complexity index is 555. The van der Waals surface area contributed by atoms with Crippen molar-refractivity contribution < 1.29 is 8.42 Å². The molecule has 0 aromatic carbocycles. The lowest BCUT2D eigenvalue weighted by atomic mass is 10.3. The molecule has 1 aliphatic heterocycles. The SMILES string of the molecule is Cc1cc(S(=O)(=O)N2CCCC2)sc1CNC1CC1. The average Bonchev–Trinajstić information content (AvgIpc) is 2.90. The third-order valence-corrected chi connectivity index (χ3v) is 7.37. The van der Waals surface area contributed by atoms with E-state index in [2.05, 4.69) is 5.32 Å². The number of nitrogens with zero attached hydrogens (tertiary/aromatic N) is 1. The summed E-state index contributed by atoms with van der Waals surface area (Å²) in [7, 11) is -3.24. The van der Waals surface area contributed by atoms with Crippen molar-refractivity contribution in [3.8, 4) is 0 Å². The predicted octanol–water partition coefficient (Wildman–Crippen LogP) is 2.09. The van der Waals surface area contributed by atoms with Gasteiger partial charge in [0.15, 0.2) is 0 Å². The highest BCUT2D eigenvalue weighted by molar-refractivity contribution is 7.91. The third-order valence-electron chi connectivity index (χ3n) is 3.79. The molecule has 19 heavy (non-hydrogen) atoms. The van der Waals surface area contributed by atoms with Gasteiger partial charge in [-0.2, -0.15) is 4.31 Å². The third kappa shape index (κ3) is 2.86. The first-order chi connectivity index (χ1) is 9.07. The second-order valence-electron chi connectivity index (χ2n) is 5.44. The van der Waals surface area contributed by atoms with Gasteiger partial charge < -0.3 is 5.32 Å². The number of sulfonamides is 1. The minimum absolute atomic E-state index is 0.513. The van der Waals surface area contributed by atoms with Crippen LogP contribution in [0.4, 0.5) is 0 Å². The first kappa shape index (κ1) is 13.5. The van der Waals surface area contributed by atoms with Crippen LogP contribution in [-0.2, 0) is 16.6 Å². The molecule has 1 aromatic rings. The highest BCUT2D eigenvalue weighted by Crippen LogP contribution is 2.30. The maximum atomic E-state index is 12.5. The number of nitrogens with one attached hydrogen (secondary N) is 1. The first-order valence-corrected chi connectivity index (χ1v) is 9.16. The molecule has 0 spiro atoms.